The number of esters is 1. The van der Waals surface area contributed by atoms with Gasteiger partial charge in [0, 0.05) is 5.56 Å². The van der Waals surface area contributed by atoms with Crippen LogP contribution in [0.2, 0.25) is 0 Å². The lowest BCUT2D eigenvalue weighted by atomic mass is 9.98. The molecular formula is C18H19NO3. The van der Waals surface area contributed by atoms with E-state index < -0.39 is 18.0 Å². The zero-order valence-electron chi connectivity index (χ0n) is 12.4. The van der Waals surface area contributed by atoms with E-state index in [2.05, 4.69) is 0 Å². The number of rotatable bonds is 6. The molecule has 0 aromatic heterocycles. The van der Waals surface area contributed by atoms with Gasteiger partial charge in [-0.05, 0) is 11.5 Å². The number of primary amides is 1. The van der Waals surface area contributed by atoms with Crippen molar-refractivity contribution in [3.8, 4) is 0 Å². The molecule has 0 heterocycles. The molecule has 0 fully saturated rings. The van der Waals surface area contributed by atoms with Gasteiger partial charge in [-0.25, -0.2) is 0 Å². The van der Waals surface area contributed by atoms with Gasteiger partial charge in [-0.15, -0.1) is 0 Å². The molecule has 2 N–H and O–H groups in total. The van der Waals surface area contributed by atoms with E-state index in [1.807, 2.05) is 43.3 Å². The monoisotopic (exact) mass is 297 g/mol. The molecule has 0 spiro atoms. The molecule has 0 saturated carbocycles. The molecule has 0 aliphatic rings. The van der Waals surface area contributed by atoms with Gasteiger partial charge < -0.3 is 10.5 Å². The molecule has 22 heavy (non-hydrogen) atoms. The first kappa shape index (κ1) is 15.8. The van der Waals surface area contributed by atoms with Crippen molar-refractivity contribution in [2.75, 3.05) is 0 Å². The summed E-state index contributed by atoms with van der Waals surface area (Å²) in [5, 5.41) is 0. The Bertz CT molecular complexity index is 625. The van der Waals surface area contributed by atoms with Crippen molar-refractivity contribution >= 4 is 11.9 Å². The van der Waals surface area contributed by atoms with Crippen LogP contribution in [0.3, 0.4) is 0 Å². The third-order valence-corrected chi connectivity index (χ3v) is 3.45. The molecule has 2 rings (SSSR count). The Morgan fingerprint density at radius 2 is 1.45 bits per heavy atom. The highest BCUT2D eigenvalue weighted by Crippen LogP contribution is 2.22. The van der Waals surface area contributed by atoms with Gasteiger partial charge in [-0.2, -0.15) is 0 Å². The van der Waals surface area contributed by atoms with E-state index in [0.29, 0.717) is 5.56 Å². The second-order valence-corrected chi connectivity index (χ2v) is 5.20. The third kappa shape index (κ3) is 4.19. The summed E-state index contributed by atoms with van der Waals surface area (Å²) in [6.45, 7) is 1.94. The maximum atomic E-state index is 12.1. The Morgan fingerprint density at radius 1 is 0.955 bits per heavy atom. The SMILES string of the molecule is CC(CC(=O)OC(C(N)=O)c1ccccc1)c1ccccc1. The fraction of sp³-hybridized carbons (Fsp3) is 0.222. The van der Waals surface area contributed by atoms with Crippen LogP contribution in [0.5, 0.6) is 0 Å². The topological polar surface area (TPSA) is 69.4 Å². The zero-order chi connectivity index (χ0) is 15.9. The predicted molar refractivity (Wildman–Crippen MR) is 83.9 cm³/mol. The highest BCUT2D eigenvalue weighted by molar-refractivity contribution is 5.83. The largest absolute Gasteiger partial charge is 0.447 e. The number of carbonyl (C=O) groups is 2. The molecule has 0 aliphatic carbocycles. The summed E-state index contributed by atoms with van der Waals surface area (Å²) < 4.78 is 5.28. The van der Waals surface area contributed by atoms with E-state index in [1.54, 1.807) is 24.3 Å². The molecule has 1 amide bonds. The normalized spacial score (nSPS) is 13.1. The molecule has 2 atom stereocenters. The molecule has 2 aromatic rings. The summed E-state index contributed by atoms with van der Waals surface area (Å²) in [6, 6.07) is 18.5. The summed E-state index contributed by atoms with van der Waals surface area (Å²) in [5.41, 5.74) is 6.97. The molecule has 2 unspecified atom stereocenters. The minimum absolute atomic E-state index is 0.0120. The van der Waals surface area contributed by atoms with E-state index >= 15 is 0 Å². The number of benzene rings is 2. The van der Waals surface area contributed by atoms with Crippen molar-refractivity contribution in [1.29, 1.82) is 0 Å². The predicted octanol–water partition coefficient (Wildman–Crippen LogP) is 2.95. The van der Waals surface area contributed by atoms with Crippen LogP contribution in [0.4, 0.5) is 0 Å². The van der Waals surface area contributed by atoms with E-state index in [1.165, 1.54) is 0 Å². The Morgan fingerprint density at radius 3 is 1.95 bits per heavy atom. The first-order chi connectivity index (χ1) is 10.6. The smallest absolute Gasteiger partial charge is 0.307 e. The van der Waals surface area contributed by atoms with Gasteiger partial charge in [0.1, 0.15) is 0 Å². The summed E-state index contributed by atoms with van der Waals surface area (Å²) in [6.07, 6.45) is -0.850. The van der Waals surface area contributed by atoms with E-state index in [9.17, 15) is 9.59 Å². The zero-order valence-corrected chi connectivity index (χ0v) is 12.4. The van der Waals surface area contributed by atoms with Crippen LogP contribution in [0.15, 0.2) is 60.7 Å². The molecule has 0 bridgehead atoms. The van der Waals surface area contributed by atoms with Crippen LogP contribution < -0.4 is 5.73 Å². The van der Waals surface area contributed by atoms with Crippen molar-refractivity contribution < 1.29 is 14.3 Å². The fourth-order valence-electron chi connectivity index (χ4n) is 2.25. The number of carbonyl (C=O) groups excluding carboxylic acids is 2. The highest BCUT2D eigenvalue weighted by atomic mass is 16.5. The molecule has 0 aliphatic heterocycles. The molecule has 0 radical (unpaired) electrons. The Kier molecular flexibility index (Phi) is 5.31. The van der Waals surface area contributed by atoms with Gasteiger partial charge in [-0.3, -0.25) is 9.59 Å². The lowest BCUT2D eigenvalue weighted by Gasteiger charge is -2.17. The standard InChI is InChI=1S/C18H19NO3/c1-13(14-8-4-2-5-9-14)12-16(20)22-17(18(19)21)15-10-6-3-7-11-15/h2-11,13,17H,12H2,1H3,(H2,19,21). The van der Waals surface area contributed by atoms with Gasteiger partial charge in [0.25, 0.3) is 5.91 Å². The van der Waals surface area contributed by atoms with Gasteiger partial charge in [0.05, 0.1) is 6.42 Å². The van der Waals surface area contributed by atoms with Gasteiger partial charge in [0.15, 0.2) is 0 Å². The van der Waals surface area contributed by atoms with Crippen molar-refractivity contribution in [2.24, 2.45) is 5.73 Å². The number of ether oxygens (including phenoxy) is 1. The van der Waals surface area contributed by atoms with E-state index in [4.69, 9.17) is 10.5 Å². The summed E-state index contributed by atoms with van der Waals surface area (Å²) >= 11 is 0. The number of nitrogens with two attached hydrogens (primary N) is 1. The summed E-state index contributed by atoms with van der Waals surface area (Å²) in [5.74, 6) is -1.10. The average Bonchev–Trinajstić information content (AvgIpc) is 2.54. The highest BCUT2D eigenvalue weighted by Gasteiger charge is 2.23. The molecular weight excluding hydrogens is 278 g/mol. The van der Waals surface area contributed by atoms with Crippen LogP contribution in [0, 0.1) is 0 Å². The van der Waals surface area contributed by atoms with Crippen molar-refractivity contribution in [2.45, 2.75) is 25.4 Å². The number of hydrogen-bond acceptors (Lipinski definition) is 3. The molecule has 4 nitrogen and oxygen atoms in total. The van der Waals surface area contributed by atoms with Crippen LogP contribution >= 0.6 is 0 Å². The number of amides is 1. The lowest BCUT2D eigenvalue weighted by molar-refractivity contribution is -0.155. The Balaban J connectivity index is 2.02. The minimum atomic E-state index is -1.04. The first-order valence-corrected chi connectivity index (χ1v) is 7.16. The van der Waals surface area contributed by atoms with Crippen LogP contribution in [-0.2, 0) is 14.3 Å². The molecule has 4 heteroatoms. The third-order valence-electron chi connectivity index (χ3n) is 3.45. The number of hydrogen-bond donors (Lipinski definition) is 1. The first-order valence-electron chi connectivity index (χ1n) is 7.16. The summed E-state index contributed by atoms with van der Waals surface area (Å²) in [4.78, 5) is 23.6. The van der Waals surface area contributed by atoms with Crippen molar-refractivity contribution in [1.82, 2.24) is 0 Å². The average molecular weight is 297 g/mol. The van der Waals surface area contributed by atoms with E-state index in [0.717, 1.165) is 5.56 Å². The molecule has 114 valence electrons. The fourth-order valence-corrected chi connectivity index (χ4v) is 2.25. The van der Waals surface area contributed by atoms with Crippen molar-refractivity contribution in [3.63, 3.8) is 0 Å². The van der Waals surface area contributed by atoms with Gasteiger partial charge in [0.2, 0.25) is 6.10 Å². The van der Waals surface area contributed by atoms with E-state index in [-0.39, 0.29) is 12.3 Å². The quantitative estimate of drug-likeness (QED) is 0.833. The maximum absolute atomic E-state index is 12.1. The van der Waals surface area contributed by atoms with Crippen LogP contribution in [0.25, 0.3) is 0 Å². The van der Waals surface area contributed by atoms with Gasteiger partial charge in [-0.1, -0.05) is 67.6 Å². The Labute approximate surface area is 129 Å². The maximum Gasteiger partial charge on any atom is 0.307 e. The van der Waals surface area contributed by atoms with Crippen LogP contribution in [-0.4, -0.2) is 11.9 Å². The molecule has 0 saturated heterocycles. The Hall–Kier alpha value is -2.62. The van der Waals surface area contributed by atoms with Crippen molar-refractivity contribution in [3.05, 3.63) is 71.8 Å². The van der Waals surface area contributed by atoms with Crippen LogP contribution in [0.1, 0.15) is 36.5 Å². The minimum Gasteiger partial charge on any atom is -0.447 e. The summed E-state index contributed by atoms with van der Waals surface area (Å²) in [7, 11) is 0. The lowest BCUT2D eigenvalue weighted by Crippen LogP contribution is -2.26. The second kappa shape index (κ2) is 7.41. The molecule has 2 aromatic carbocycles. The van der Waals surface area contributed by atoms with Gasteiger partial charge >= 0.3 is 5.97 Å². The second-order valence-electron chi connectivity index (χ2n) is 5.20.